The third kappa shape index (κ3) is 8.82. The number of rotatable bonds is 0. The molecule has 0 aliphatic rings. The van der Waals surface area contributed by atoms with Crippen LogP contribution in [-0.4, -0.2) is 43.6 Å². The summed E-state index contributed by atoms with van der Waals surface area (Å²) in [5.41, 5.74) is 0. The smallest absolute Gasteiger partial charge is 0.378 e. The van der Waals surface area contributed by atoms with Gasteiger partial charge in [-0.25, -0.2) is 0 Å². The minimum Gasteiger partial charge on any atom is -0.544 e. The van der Waals surface area contributed by atoms with Gasteiger partial charge in [-0.05, 0) is 0 Å². The van der Waals surface area contributed by atoms with Crippen molar-refractivity contribution in [2.75, 3.05) is 0 Å². The summed E-state index contributed by atoms with van der Waals surface area (Å²) in [4.78, 5) is 9.47. The van der Waals surface area contributed by atoms with Crippen LogP contribution in [0, 0.1) is 0 Å². The fourth-order valence-corrected chi connectivity index (χ4v) is 0. The first-order valence-electron chi connectivity index (χ1n) is 1.14. The minimum absolute atomic E-state index is 0. The molecule has 0 spiro atoms. The van der Waals surface area contributed by atoms with Crippen LogP contribution < -0.4 is 0 Å². The van der Waals surface area contributed by atoms with Gasteiger partial charge in [0.2, 0.25) is 0 Å². The Balaban J connectivity index is 0. The van der Waals surface area contributed by atoms with E-state index in [2.05, 4.69) is 12.7 Å². The van der Waals surface area contributed by atoms with Crippen LogP contribution in [0.25, 0.3) is 0 Å². The topological polar surface area (TPSA) is 26.3 Å². The Morgan fingerprint density at radius 2 is 2.00 bits per heavy atom. The molecule has 0 saturated heterocycles. The normalized spacial score (nSPS) is 5.50. The molecule has 2 nitrogen and oxygen atoms in total. The van der Waals surface area contributed by atoms with Crippen LogP contribution in [0.15, 0.2) is 0 Å². The van der Waals surface area contributed by atoms with E-state index in [1.54, 1.807) is 0 Å². The van der Waals surface area contributed by atoms with Crippen molar-refractivity contribution < 1.29 is 9.45 Å². The van der Waals surface area contributed by atoms with E-state index in [1.165, 1.54) is 6.92 Å². The summed E-state index contributed by atoms with van der Waals surface area (Å²) in [5, 5.41) is 0. The second-order valence-corrected chi connectivity index (χ2v) is 0.609. The molecule has 0 saturated carbocycles. The summed E-state index contributed by atoms with van der Waals surface area (Å²) in [5.74, 6) is -0.468. The van der Waals surface area contributed by atoms with Crippen molar-refractivity contribution >= 4 is 43.6 Å². The number of hydrogen-bond acceptors (Lipinski definition) is 2. The summed E-state index contributed by atoms with van der Waals surface area (Å²) in [6.07, 6.45) is 0. The van der Waals surface area contributed by atoms with E-state index >= 15 is 0 Å². The predicted octanol–water partition coefficient (Wildman–Crippen LogP) is -0.748. The first-order chi connectivity index (χ1) is 2.27. The Labute approximate surface area is 60.0 Å². The van der Waals surface area contributed by atoms with Crippen molar-refractivity contribution in [1.29, 1.82) is 0 Å². The molecule has 0 aromatic carbocycles. The van der Waals surface area contributed by atoms with Gasteiger partial charge in [0.1, 0.15) is 0 Å². The Hall–Kier alpha value is 0.535. The molecule has 4 heteroatoms. The quantitative estimate of drug-likeness (QED) is 0.368. The zero-order chi connectivity index (χ0) is 4.28. The number of hydrogen-bond donors (Lipinski definition) is 0. The molecule has 0 amide bonds. The molecule has 0 aliphatic carbocycles. The van der Waals surface area contributed by atoms with Crippen LogP contribution in [0.4, 0.5) is 0 Å². The van der Waals surface area contributed by atoms with Gasteiger partial charge in [0.25, 0.3) is 5.97 Å². The molecule has 0 aromatic rings. The maximum Gasteiger partial charge on any atom is 0.378 e. The molecule has 0 N–H and O–H groups in total. The van der Waals surface area contributed by atoms with Crippen LogP contribution >= 0.6 is 0 Å². The van der Waals surface area contributed by atoms with Crippen molar-refractivity contribution in [2.45, 2.75) is 6.92 Å². The molecule has 27 valence electrons. The fraction of sp³-hybridized carbons (Fsp3) is 0.500. The Morgan fingerprint density at radius 1 is 1.83 bits per heavy atom. The van der Waals surface area contributed by atoms with Gasteiger partial charge < -0.3 is 4.65 Å². The average molecular weight is 92.8 g/mol. The minimum atomic E-state index is -0.468. The first kappa shape index (κ1) is 9.73. The molecule has 0 fully saturated rings. The standard InChI is InChI=1S/C2H3BO2.Na/c1-2(4)5-3;/h1H3;. The summed E-state index contributed by atoms with van der Waals surface area (Å²) in [7, 11) is 4.32. The van der Waals surface area contributed by atoms with Crippen molar-refractivity contribution in [2.24, 2.45) is 0 Å². The summed E-state index contributed by atoms with van der Waals surface area (Å²) in [6.45, 7) is 1.24. The largest absolute Gasteiger partial charge is 0.544 e. The molecule has 6 heavy (non-hydrogen) atoms. The van der Waals surface area contributed by atoms with Crippen LogP contribution in [0.1, 0.15) is 6.92 Å². The van der Waals surface area contributed by atoms with E-state index in [1.807, 2.05) is 0 Å². The Morgan fingerprint density at radius 3 is 2.00 bits per heavy atom. The van der Waals surface area contributed by atoms with Crippen LogP contribution in [0.2, 0.25) is 0 Å². The van der Waals surface area contributed by atoms with Gasteiger partial charge in [0, 0.05) is 36.5 Å². The van der Waals surface area contributed by atoms with Gasteiger partial charge in [-0.15, -0.1) is 0 Å². The van der Waals surface area contributed by atoms with Crippen molar-refractivity contribution in [3.05, 3.63) is 0 Å². The maximum absolute atomic E-state index is 9.47. The Bertz CT molecular complexity index is 46.8. The van der Waals surface area contributed by atoms with Crippen LogP contribution in [0.5, 0.6) is 0 Å². The van der Waals surface area contributed by atoms with E-state index in [0.29, 0.717) is 0 Å². The van der Waals surface area contributed by atoms with Crippen molar-refractivity contribution in [3.8, 4) is 0 Å². The number of carbonyl (C=O) groups excluding carboxylic acids is 1. The van der Waals surface area contributed by atoms with E-state index in [9.17, 15) is 4.79 Å². The zero-order valence-corrected chi connectivity index (χ0v) is 5.89. The molecule has 3 radical (unpaired) electrons. The molecule has 0 rings (SSSR count). The van der Waals surface area contributed by atoms with Gasteiger partial charge in [0.15, 0.2) is 0 Å². The molecule has 0 atom stereocenters. The molecule has 0 aliphatic heterocycles. The van der Waals surface area contributed by atoms with Gasteiger partial charge in [-0.1, -0.05) is 0 Å². The Kier molecular flexibility index (Phi) is 8.98. The van der Waals surface area contributed by atoms with Crippen molar-refractivity contribution in [1.82, 2.24) is 0 Å². The molecule has 0 heterocycles. The van der Waals surface area contributed by atoms with E-state index in [4.69, 9.17) is 0 Å². The average Bonchev–Trinajstić information content (AvgIpc) is 1.38. The molecule has 0 bridgehead atoms. The first-order valence-corrected chi connectivity index (χ1v) is 1.14. The monoisotopic (exact) mass is 93.0 g/mol. The summed E-state index contributed by atoms with van der Waals surface area (Å²) in [6, 6.07) is 0. The second-order valence-electron chi connectivity index (χ2n) is 0.609. The van der Waals surface area contributed by atoms with E-state index in [-0.39, 0.29) is 29.6 Å². The molecular formula is C2H3BNaO2. The third-order valence-corrected chi connectivity index (χ3v) is 0.166. The van der Waals surface area contributed by atoms with Gasteiger partial charge >= 0.3 is 8.05 Å². The molecule has 0 unspecified atom stereocenters. The fourth-order valence-electron chi connectivity index (χ4n) is 0. The molecule has 0 aromatic heterocycles. The second kappa shape index (κ2) is 5.53. The SMILES string of the molecule is [B]OC(C)=O.[Na]. The van der Waals surface area contributed by atoms with E-state index < -0.39 is 5.97 Å². The third-order valence-electron chi connectivity index (χ3n) is 0.166. The maximum atomic E-state index is 9.47. The van der Waals surface area contributed by atoms with Gasteiger partial charge in [-0.2, -0.15) is 0 Å². The van der Waals surface area contributed by atoms with E-state index in [0.717, 1.165) is 0 Å². The van der Waals surface area contributed by atoms with Crippen LogP contribution in [0.3, 0.4) is 0 Å². The van der Waals surface area contributed by atoms with Crippen molar-refractivity contribution in [3.63, 3.8) is 0 Å². The number of carbonyl (C=O) groups is 1. The van der Waals surface area contributed by atoms with Gasteiger partial charge in [0.05, 0.1) is 0 Å². The van der Waals surface area contributed by atoms with Gasteiger partial charge in [-0.3, -0.25) is 4.79 Å². The zero-order valence-electron chi connectivity index (χ0n) is 3.89. The summed E-state index contributed by atoms with van der Waals surface area (Å²) < 4.78 is 3.61. The predicted molar refractivity (Wildman–Crippen MR) is 23.3 cm³/mol. The van der Waals surface area contributed by atoms with Crippen LogP contribution in [-0.2, 0) is 9.45 Å². The molecular weight excluding hydrogens is 89.8 g/mol. The summed E-state index contributed by atoms with van der Waals surface area (Å²) >= 11 is 0.